The Kier molecular flexibility index (Phi) is 2.72. The topological polar surface area (TPSA) is 17.8 Å². The quantitative estimate of drug-likeness (QED) is 0.684. The third-order valence-corrected chi connectivity index (χ3v) is 1.86. The van der Waals surface area contributed by atoms with Crippen LogP contribution in [0.4, 0.5) is 0 Å². The predicted octanol–water partition coefficient (Wildman–Crippen LogP) is 1.75. The highest BCUT2D eigenvalue weighted by Crippen LogP contribution is 2.10. The molecule has 0 N–H and O–H groups in total. The predicted molar refractivity (Wildman–Crippen MR) is 48.1 cm³/mol. The minimum atomic E-state index is 0.770. The Morgan fingerprint density at radius 3 is 3.00 bits per heavy atom. The van der Waals surface area contributed by atoms with Gasteiger partial charge in [0.15, 0.2) is 0 Å². The molecule has 0 saturated heterocycles. The molecule has 0 aliphatic rings. The van der Waals surface area contributed by atoms with Crippen molar-refractivity contribution in [3.05, 3.63) is 16.4 Å². The summed E-state index contributed by atoms with van der Waals surface area (Å²) in [6.07, 6.45) is 6.81. The molecule has 0 aliphatic heterocycles. The summed E-state index contributed by atoms with van der Waals surface area (Å²) in [5.41, 5.74) is 1.16. The Hall–Kier alpha value is -0.750. The zero-order chi connectivity index (χ0) is 8.27. The molecule has 58 valence electrons. The molecular weight excluding hydrogens is 204 g/mol. The highest BCUT2D eigenvalue weighted by atomic mass is 79.9. The lowest BCUT2D eigenvalue weighted by Crippen LogP contribution is -1.97. The van der Waals surface area contributed by atoms with E-state index in [1.165, 1.54) is 0 Å². The maximum Gasteiger partial charge on any atom is 0.128 e. The van der Waals surface area contributed by atoms with E-state index in [-0.39, 0.29) is 0 Å². The lowest BCUT2D eigenvalue weighted by molar-refractivity contribution is 0.705. The van der Waals surface area contributed by atoms with Crippen LogP contribution in [0.3, 0.4) is 0 Å². The third-order valence-electron chi connectivity index (χ3n) is 1.47. The molecule has 0 fully saturated rings. The Labute approximate surface area is 74.7 Å². The van der Waals surface area contributed by atoms with E-state index in [0.29, 0.717) is 0 Å². The van der Waals surface area contributed by atoms with Crippen molar-refractivity contribution >= 4 is 15.9 Å². The van der Waals surface area contributed by atoms with Gasteiger partial charge >= 0.3 is 0 Å². The van der Waals surface area contributed by atoms with Gasteiger partial charge in [-0.15, -0.1) is 12.3 Å². The monoisotopic (exact) mass is 212 g/mol. The van der Waals surface area contributed by atoms with Crippen molar-refractivity contribution in [2.24, 2.45) is 7.05 Å². The number of aryl methyl sites for hydroxylation is 2. The second-order valence-corrected chi connectivity index (χ2v) is 3.10. The Balaban J connectivity index is 2.71. The van der Waals surface area contributed by atoms with Gasteiger partial charge in [0.25, 0.3) is 0 Å². The Bertz CT molecular complexity index is 283. The number of aromatic nitrogens is 2. The van der Waals surface area contributed by atoms with Crippen molar-refractivity contribution in [3.63, 3.8) is 0 Å². The molecule has 0 radical (unpaired) electrons. The summed E-state index contributed by atoms with van der Waals surface area (Å²) >= 11 is 3.29. The van der Waals surface area contributed by atoms with E-state index >= 15 is 0 Å². The standard InChI is InChI=1S/C8H9BrN2/c1-3-4-5-7-6-8(9)10-11(7)2/h1,6H,4-5H2,2H3. The van der Waals surface area contributed by atoms with E-state index in [0.717, 1.165) is 23.1 Å². The van der Waals surface area contributed by atoms with Crippen molar-refractivity contribution in [3.8, 4) is 12.3 Å². The average molecular weight is 213 g/mol. The first-order valence-corrected chi connectivity index (χ1v) is 4.15. The van der Waals surface area contributed by atoms with Crippen LogP contribution < -0.4 is 0 Å². The first kappa shape index (κ1) is 8.35. The molecule has 0 amide bonds. The molecule has 1 aromatic heterocycles. The van der Waals surface area contributed by atoms with Crippen molar-refractivity contribution in [1.29, 1.82) is 0 Å². The fourth-order valence-electron chi connectivity index (χ4n) is 0.902. The first-order chi connectivity index (χ1) is 5.24. The lowest BCUT2D eigenvalue weighted by Gasteiger charge is -1.95. The number of terminal acetylenes is 1. The van der Waals surface area contributed by atoms with Crippen LogP contribution in [0, 0.1) is 12.3 Å². The van der Waals surface area contributed by atoms with Gasteiger partial charge in [-0.1, -0.05) is 0 Å². The van der Waals surface area contributed by atoms with Gasteiger partial charge < -0.3 is 0 Å². The molecule has 0 atom stereocenters. The van der Waals surface area contributed by atoms with Crippen LogP contribution in [0.2, 0.25) is 0 Å². The smallest absolute Gasteiger partial charge is 0.128 e. The Morgan fingerprint density at radius 2 is 2.55 bits per heavy atom. The van der Waals surface area contributed by atoms with E-state index < -0.39 is 0 Å². The zero-order valence-corrected chi connectivity index (χ0v) is 7.93. The van der Waals surface area contributed by atoms with Crippen molar-refractivity contribution in [2.75, 3.05) is 0 Å². The number of hydrogen-bond acceptors (Lipinski definition) is 1. The van der Waals surface area contributed by atoms with Crippen LogP contribution >= 0.6 is 15.9 Å². The van der Waals surface area contributed by atoms with Gasteiger partial charge in [-0.25, -0.2) is 0 Å². The molecule has 0 aliphatic carbocycles. The van der Waals surface area contributed by atoms with E-state index in [1.54, 1.807) is 0 Å². The molecule has 2 nitrogen and oxygen atoms in total. The number of hydrogen-bond donors (Lipinski definition) is 0. The van der Waals surface area contributed by atoms with Crippen molar-refractivity contribution in [1.82, 2.24) is 9.78 Å². The lowest BCUT2D eigenvalue weighted by atomic mass is 10.2. The number of halogens is 1. The molecule has 1 heterocycles. The summed E-state index contributed by atoms with van der Waals surface area (Å²) in [6.45, 7) is 0. The fourth-order valence-corrected chi connectivity index (χ4v) is 1.40. The average Bonchev–Trinajstić information content (AvgIpc) is 2.26. The number of rotatable bonds is 2. The van der Waals surface area contributed by atoms with Gasteiger partial charge in [0, 0.05) is 25.6 Å². The summed E-state index contributed by atoms with van der Waals surface area (Å²) in [4.78, 5) is 0. The zero-order valence-electron chi connectivity index (χ0n) is 6.34. The highest BCUT2D eigenvalue weighted by molar-refractivity contribution is 9.10. The van der Waals surface area contributed by atoms with Crippen LogP contribution in [0.1, 0.15) is 12.1 Å². The van der Waals surface area contributed by atoms with Crippen molar-refractivity contribution < 1.29 is 0 Å². The van der Waals surface area contributed by atoms with Gasteiger partial charge in [-0.2, -0.15) is 5.10 Å². The van der Waals surface area contributed by atoms with Crippen LogP contribution in [0.15, 0.2) is 10.7 Å². The van der Waals surface area contributed by atoms with Crippen LogP contribution in [0.25, 0.3) is 0 Å². The first-order valence-electron chi connectivity index (χ1n) is 3.36. The van der Waals surface area contributed by atoms with E-state index in [4.69, 9.17) is 6.42 Å². The molecule has 0 unspecified atom stereocenters. The molecule has 0 saturated carbocycles. The second kappa shape index (κ2) is 3.59. The maximum atomic E-state index is 5.14. The minimum Gasteiger partial charge on any atom is -0.271 e. The summed E-state index contributed by atoms with van der Waals surface area (Å²) < 4.78 is 2.70. The maximum absolute atomic E-state index is 5.14. The molecule has 1 rings (SSSR count). The second-order valence-electron chi connectivity index (χ2n) is 2.29. The molecule has 0 aromatic carbocycles. The minimum absolute atomic E-state index is 0.770. The van der Waals surface area contributed by atoms with E-state index in [2.05, 4.69) is 26.9 Å². The third kappa shape index (κ3) is 2.09. The highest BCUT2D eigenvalue weighted by Gasteiger charge is 2.00. The number of nitrogens with zero attached hydrogens (tertiary/aromatic N) is 2. The SMILES string of the molecule is C#CCCc1cc(Br)nn1C. The van der Waals surface area contributed by atoms with E-state index in [1.807, 2.05) is 17.8 Å². The molecular formula is C8H9BrN2. The molecule has 3 heteroatoms. The summed E-state index contributed by atoms with van der Waals surface area (Å²) in [6, 6.07) is 1.98. The normalized spacial score (nSPS) is 9.55. The van der Waals surface area contributed by atoms with Gasteiger partial charge in [-0.05, 0) is 22.0 Å². The van der Waals surface area contributed by atoms with Crippen molar-refractivity contribution in [2.45, 2.75) is 12.8 Å². The largest absolute Gasteiger partial charge is 0.271 e. The van der Waals surface area contributed by atoms with Crippen LogP contribution in [-0.4, -0.2) is 9.78 Å². The summed E-state index contributed by atoms with van der Waals surface area (Å²) in [5.74, 6) is 2.60. The van der Waals surface area contributed by atoms with Crippen LogP contribution in [0.5, 0.6) is 0 Å². The molecule has 0 spiro atoms. The van der Waals surface area contributed by atoms with Crippen LogP contribution in [-0.2, 0) is 13.5 Å². The van der Waals surface area contributed by atoms with Gasteiger partial charge in [0.2, 0.25) is 0 Å². The van der Waals surface area contributed by atoms with Gasteiger partial charge in [0.05, 0.1) is 0 Å². The molecule has 11 heavy (non-hydrogen) atoms. The molecule has 0 bridgehead atoms. The van der Waals surface area contributed by atoms with E-state index in [9.17, 15) is 0 Å². The van der Waals surface area contributed by atoms with Gasteiger partial charge in [0.1, 0.15) is 4.60 Å². The van der Waals surface area contributed by atoms with Gasteiger partial charge in [-0.3, -0.25) is 4.68 Å². The summed E-state index contributed by atoms with van der Waals surface area (Å²) in [5, 5.41) is 4.13. The summed E-state index contributed by atoms with van der Waals surface area (Å²) in [7, 11) is 1.91. The molecule has 1 aromatic rings. The Morgan fingerprint density at radius 1 is 1.82 bits per heavy atom. The fraction of sp³-hybridized carbons (Fsp3) is 0.375.